The van der Waals surface area contributed by atoms with Crippen molar-refractivity contribution >= 4 is 17.2 Å². The van der Waals surface area contributed by atoms with Crippen molar-refractivity contribution in [2.45, 2.75) is 26.2 Å². The molecule has 0 aliphatic carbocycles. The molecule has 0 aliphatic heterocycles. The van der Waals surface area contributed by atoms with Crippen LogP contribution in [0.15, 0.2) is 36.0 Å². The highest BCUT2D eigenvalue weighted by atomic mass is 32.1. The van der Waals surface area contributed by atoms with Gasteiger partial charge < -0.3 is 5.32 Å². The topological polar surface area (TPSA) is 42.0 Å². The third kappa shape index (κ3) is 4.83. The second-order valence-electron chi connectivity index (χ2n) is 4.55. The number of hydrogen-bond donors (Lipinski definition) is 1. The number of benzene rings is 1. The van der Waals surface area contributed by atoms with Crippen LogP contribution in [0.5, 0.6) is 0 Å². The Bertz CT molecular complexity index is 505. The molecule has 1 amide bonds. The molecule has 0 spiro atoms. The molecule has 0 aliphatic rings. The van der Waals surface area contributed by atoms with Crippen LogP contribution in [0.4, 0.5) is 0 Å². The summed E-state index contributed by atoms with van der Waals surface area (Å²) < 4.78 is 0. The molecule has 0 atom stereocenters. The van der Waals surface area contributed by atoms with Gasteiger partial charge in [-0.3, -0.25) is 9.78 Å². The van der Waals surface area contributed by atoms with Gasteiger partial charge in [0.25, 0.3) is 0 Å². The molecule has 4 heteroatoms. The first kappa shape index (κ1) is 13.7. The van der Waals surface area contributed by atoms with Crippen LogP contribution in [0.2, 0.25) is 0 Å². The van der Waals surface area contributed by atoms with E-state index in [1.165, 1.54) is 16.0 Å². The smallest absolute Gasteiger partial charge is 0.220 e. The fourth-order valence-electron chi connectivity index (χ4n) is 1.79. The first-order valence-electron chi connectivity index (χ1n) is 6.43. The molecule has 0 fully saturated rings. The highest BCUT2D eigenvalue weighted by Gasteiger charge is 2.02. The largest absolute Gasteiger partial charge is 0.356 e. The lowest BCUT2D eigenvalue weighted by atomic mass is 10.1. The lowest BCUT2D eigenvalue weighted by Crippen LogP contribution is -2.25. The standard InChI is InChI=1S/C15H18N2OS/c1-12-2-4-13(5-3-12)6-7-15(18)17-9-8-14-10-16-11-19-14/h2-5,10-11H,6-9H2,1H3,(H,17,18). The lowest BCUT2D eigenvalue weighted by Gasteiger charge is -2.04. The van der Waals surface area contributed by atoms with Crippen LogP contribution in [0.1, 0.15) is 22.4 Å². The van der Waals surface area contributed by atoms with E-state index in [0.29, 0.717) is 13.0 Å². The average molecular weight is 274 g/mol. The van der Waals surface area contributed by atoms with Crippen LogP contribution < -0.4 is 5.32 Å². The Labute approximate surface area is 117 Å². The number of amides is 1. The minimum Gasteiger partial charge on any atom is -0.356 e. The Morgan fingerprint density at radius 2 is 2.05 bits per heavy atom. The van der Waals surface area contributed by atoms with E-state index in [0.717, 1.165) is 12.8 Å². The van der Waals surface area contributed by atoms with Crippen molar-refractivity contribution in [1.29, 1.82) is 0 Å². The number of carbonyl (C=O) groups excluding carboxylic acids is 1. The maximum atomic E-state index is 11.7. The van der Waals surface area contributed by atoms with Crippen molar-refractivity contribution in [3.8, 4) is 0 Å². The summed E-state index contributed by atoms with van der Waals surface area (Å²) in [6.07, 6.45) is 4.06. The van der Waals surface area contributed by atoms with Gasteiger partial charge in [-0.05, 0) is 18.9 Å². The maximum Gasteiger partial charge on any atom is 0.220 e. The van der Waals surface area contributed by atoms with E-state index >= 15 is 0 Å². The summed E-state index contributed by atoms with van der Waals surface area (Å²) in [5, 5.41) is 2.94. The lowest BCUT2D eigenvalue weighted by molar-refractivity contribution is -0.121. The average Bonchev–Trinajstić information content (AvgIpc) is 2.91. The van der Waals surface area contributed by atoms with Gasteiger partial charge in [0.05, 0.1) is 5.51 Å². The highest BCUT2D eigenvalue weighted by molar-refractivity contribution is 7.09. The fraction of sp³-hybridized carbons (Fsp3) is 0.333. The first-order valence-corrected chi connectivity index (χ1v) is 7.31. The van der Waals surface area contributed by atoms with Crippen molar-refractivity contribution in [2.75, 3.05) is 6.54 Å². The molecule has 0 saturated carbocycles. The molecule has 100 valence electrons. The summed E-state index contributed by atoms with van der Waals surface area (Å²) in [4.78, 5) is 16.9. The Morgan fingerprint density at radius 1 is 1.26 bits per heavy atom. The maximum absolute atomic E-state index is 11.7. The van der Waals surface area contributed by atoms with Gasteiger partial charge in [0.15, 0.2) is 0 Å². The van der Waals surface area contributed by atoms with Crippen molar-refractivity contribution in [3.63, 3.8) is 0 Å². The fourth-order valence-corrected chi connectivity index (χ4v) is 2.39. The molecule has 1 N–H and O–H groups in total. The summed E-state index contributed by atoms with van der Waals surface area (Å²) in [6, 6.07) is 8.33. The second kappa shape index (κ2) is 7.04. The highest BCUT2D eigenvalue weighted by Crippen LogP contribution is 2.06. The molecule has 2 rings (SSSR count). The van der Waals surface area contributed by atoms with Crippen molar-refractivity contribution in [1.82, 2.24) is 10.3 Å². The van der Waals surface area contributed by atoms with E-state index in [9.17, 15) is 4.79 Å². The van der Waals surface area contributed by atoms with Crippen LogP contribution in [0, 0.1) is 6.92 Å². The molecular weight excluding hydrogens is 256 g/mol. The predicted molar refractivity (Wildman–Crippen MR) is 78.3 cm³/mol. The van der Waals surface area contributed by atoms with Gasteiger partial charge in [0.2, 0.25) is 5.91 Å². The number of thiazole rings is 1. The number of aryl methyl sites for hydroxylation is 2. The molecule has 0 bridgehead atoms. The monoisotopic (exact) mass is 274 g/mol. The Morgan fingerprint density at radius 3 is 2.74 bits per heavy atom. The van der Waals surface area contributed by atoms with Crippen LogP contribution in [-0.2, 0) is 17.6 Å². The van der Waals surface area contributed by atoms with Crippen molar-refractivity contribution in [2.24, 2.45) is 0 Å². The van der Waals surface area contributed by atoms with Gasteiger partial charge in [-0.1, -0.05) is 29.8 Å². The van der Waals surface area contributed by atoms with Gasteiger partial charge in [0.1, 0.15) is 0 Å². The van der Waals surface area contributed by atoms with Gasteiger partial charge in [0, 0.05) is 30.5 Å². The molecule has 1 heterocycles. The summed E-state index contributed by atoms with van der Waals surface area (Å²) in [5.74, 6) is 0.116. The summed E-state index contributed by atoms with van der Waals surface area (Å²) in [6.45, 7) is 2.75. The van der Waals surface area contributed by atoms with Crippen molar-refractivity contribution < 1.29 is 4.79 Å². The zero-order valence-electron chi connectivity index (χ0n) is 11.1. The van der Waals surface area contributed by atoms with Gasteiger partial charge in [-0.2, -0.15) is 0 Å². The molecular formula is C15H18N2OS. The molecule has 0 saturated heterocycles. The third-order valence-corrected chi connectivity index (χ3v) is 3.78. The minimum atomic E-state index is 0.116. The normalized spacial score (nSPS) is 10.4. The molecule has 19 heavy (non-hydrogen) atoms. The Hall–Kier alpha value is -1.68. The van der Waals surface area contributed by atoms with E-state index in [2.05, 4.69) is 41.5 Å². The molecule has 3 nitrogen and oxygen atoms in total. The summed E-state index contributed by atoms with van der Waals surface area (Å²) >= 11 is 1.62. The van der Waals surface area contributed by atoms with Gasteiger partial charge >= 0.3 is 0 Å². The molecule has 0 unspecified atom stereocenters. The SMILES string of the molecule is Cc1ccc(CCC(=O)NCCc2cncs2)cc1. The number of nitrogens with one attached hydrogen (secondary N) is 1. The number of rotatable bonds is 6. The van der Waals surface area contributed by atoms with E-state index in [1.807, 2.05) is 11.7 Å². The predicted octanol–water partition coefficient (Wildman–Crippen LogP) is 2.74. The zero-order valence-corrected chi connectivity index (χ0v) is 11.9. The first-order chi connectivity index (χ1) is 9.24. The zero-order chi connectivity index (χ0) is 13.5. The molecule has 2 aromatic rings. The van der Waals surface area contributed by atoms with Gasteiger partial charge in [-0.25, -0.2) is 0 Å². The van der Waals surface area contributed by atoms with E-state index < -0.39 is 0 Å². The quantitative estimate of drug-likeness (QED) is 0.880. The number of carbonyl (C=O) groups is 1. The third-order valence-electron chi connectivity index (χ3n) is 2.94. The van der Waals surface area contributed by atoms with Crippen LogP contribution in [-0.4, -0.2) is 17.4 Å². The van der Waals surface area contributed by atoms with Crippen LogP contribution in [0.3, 0.4) is 0 Å². The van der Waals surface area contributed by atoms with Crippen LogP contribution >= 0.6 is 11.3 Å². The number of nitrogens with zero attached hydrogens (tertiary/aromatic N) is 1. The number of aromatic nitrogens is 1. The van der Waals surface area contributed by atoms with E-state index in [1.54, 1.807) is 11.3 Å². The van der Waals surface area contributed by atoms with E-state index in [4.69, 9.17) is 0 Å². The second-order valence-corrected chi connectivity index (χ2v) is 5.52. The summed E-state index contributed by atoms with van der Waals surface area (Å²) in [7, 11) is 0. The van der Waals surface area contributed by atoms with Crippen LogP contribution in [0.25, 0.3) is 0 Å². The Balaban J connectivity index is 1.65. The minimum absolute atomic E-state index is 0.116. The number of hydrogen-bond acceptors (Lipinski definition) is 3. The van der Waals surface area contributed by atoms with E-state index in [-0.39, 0.29) is 5.91 Å². The Kier molecular flexibility index (Phi) is 5.10. The van der Waals surface area contributed by atoms with Crippen molar-refractivity contribution in [3.05, 3.63) is 52.0 Å². The molecule has 1 aromatic heterocycles. The molecule has 0 radical (unpaired) electrons. The molecule has 1 aromatic carbocycles. The summed E-state index contributed by atoms with van der Waals surface area (Å²) in [5.41, 5.74) is 4.27. The van der Waals surface area contributed by atoms with Gasteiger partial charge in [-0.15, -0.1) is 11.3 Å².